The molecule has 1 N–H and O–H groups in total. The standard InChI is InChI=1S/C24H31ClN2O2S/c1-5-22(24(29)26-17(2)3)27(14-19-9-11-21(25)12-10-19)23(28)16-30-15-20-8-6-7-18(4)13-20/h6-13,17,22H,5,14-16H2,1-4H3,(H,26,29)/t22-/m1/s1. The first-order valence-electron chi connectivity index (χ1n) is 10.3. The largest absolute Gasteiger partial charge is 0.352 e. The number of aryl methyl sites for hydroxylation is 1. The van der Waals surface area contributed by atoms with Crippen LogP contribution in [0.15, 0.2) is 48.5 Å². The first-order chi connectivity index (χ1) is 14.3. The second-order valence-electron chi connectivity index (χ2n) is 7.72. The van der Waals surface area contributed by atoms with Gasteiger partial charge in [0.05, 0.1) is 5.75 Å². The van der Waals surface area contributed by atoms with Crippen molar-refractivity contribution < 1.29 is 9.59 Å². The van der Waals surface area contributed by atoms with Crippen LogP contribution in [-0.2, 0) is 21.9 Å². The highest BCUT2D eigenvalue weighted by Gasteiger charge is 2.28. The van der Waals surface area contributed by atoms with Crippen LogP contribution in [0.4, 0.5) is 0 Å². The number of benzene rings is 2. The second-order valence-corrected chi connectivity index (χ2v) is 9.14. The third-order valence-electron chi connectivity index (χ3n) is 4.66. The van der Waals surface area contributed by atoms with Gasteiger partial charge in [-0.2, -0.15) is 0 Å². The molecule has 0 spiro atoms. The summed E-state index contributed by atoms with van der Waals surface area (Å²) >= 11 is 7.57. The molecule has 0 saturated carbocycles. The first-order valence-corrected chi connectivity index (χ1v) is 11.8. The Balaban J connectivity index is 2.12. The van der Waals surface area contributed by atoms with Crippen LogP contribution in [0.3, 0.4) is 0 Å². The molecule has 4 nitrogen and oxygen atoms in total. The molecule has 2 rings (SSSR count). The minimum absolute atomic E-state index is 0.0229. The third kappa shape index (κ3) is 7.69. The molecule has 2 aromatic carbocycles. The molecule has 0 fully saturated rings. The molecule has 6 heteroatoms. The molecule has 0 bridgehead atoms. The highest BCUT2D eigenvalue weighted by Crippen LogP contribution is 2.19. The summed E-state index contributed by atoms with van der Waals surface area (Å²) in [6.45, 7) is 8.23. The van der Waals surface area contributed by atoms with Gasteiger partial charge in [-0.15, -0.1) is 11.8 Å². The molecule has 0 aliphatic carbocycles. The lowest BCUT2D eigenvalue weighted by molar-refractivity contribution is -0.139. The van der Waals surface area contributed by atoms with Crippen LogP contribution >= 0.6 is 23.4 Å². The van der Waals surface area contributed by atoms with Crippen molar-refractivity contribution in [3.05, 3.63) is 70.2 Å². The Bertz CT molecular complexity index is 839. The van der Waals surface area contributed by atoms with Crippen molar-refractivity contribution in [2.45, 2.75) is 58.5 Å². The number of nitrogens with one attached hydrogen (secondary N) is 1. The molecule has 1 atom stereocenters. The van der Waals surface area contributed by atoms with E-state index < -0.39 is 6.04 Å². The summed E-state index contributed by atoms with van der Waals surface area (Å²) in [6.07, 6.45) is 0.556. The van der Waals surface area contributed by atoms with Gasteiger partial charge in [0.25, 0.3) is 0 Å². The monoisotopic (exact) mass is 446 g/mol. The Morgan fingerprint density at radius 1 is 1.10 bits per heavy atom. The van der Waals surface area contributed by atoms with Crippen LogP contribution < -0.4 is 5.32 Å². The van der Waals surface area contributed by atoms with Crippen LogP contribution in [-0.4, -0.2) is 34.6 Å². The van der Waals surface area contributed by atoms with Crippen molar-refractivity contribution in [3.63, 3.8) is 0 Å². The van der Waals surface area contributed by atoms with Gasteiger partial charge in [0.2, 0.25) is 11.8 Å². The molecule has 2 aromatic rings. The van der Waals surface area contributed by atoms with Gasteiger partial charge in [-0.1, -0.05) is 60.5 Å². The molecule has 0 aromatic heterocycles. The fourth-order valence-corrected chi connectivity index (χ4v) is 4.21. The van der Waals surface area contributed by atoms with Crippen LogP contribution in [0, 0.1) is 6.92 Å². The predicted octanol–water partition coefficient (Wildman–Crippen LogP) is 5.21. The van der Waals surface area contributed by atoms with Gasteiger partial charge < -0.3 is 10.2 Å². The molecular weight excluding hydrogens is 416 g/mol. The van der Waals surface area contributed by atoms with Gasteiger partial charge in [0.1, 0.15) is 6.04 Å². The molecule has 0 heterocycles. The van der Waals surface area contributed by atoms with Gasteiger partial charge in [0.15, 0.2) is 0 Å². The Hall–Kier alpha value is -1.98. The highest BCUT2D eigenvalue weighted by molar-refractivity contribution is 7.99. The summed E-state index contributed by atoms with van der Waals surface area (Å²) in [4.78, 5) is 27.6. The minimum Gasteiger partial charge on any atom is -0.352 e. The van der Waals surface area contributed by atoms with Gasteiger partial charge in [-0.3, -0.25) is 9.59 Å². The number of carbonyl (C=O) groups excluding carboxylic acids is 2. The predicted molar refractivity (Wildman–Crippen MR) is 127 cm³/mol. The lowest BCUT2D eigenvalue weighted by Crippen LogP contribution is -2.50. The zero-order valence-corrected chi connectivity index (χ0v) is 19.7. The molecule has 30 heavy (non-hydrogen) atoms. The minimum atomic E-state index is -0.504. The third-order valence-corrected chi connectivity index (χ3v) is 5.90. The van der Waals surface area contributed by atoms with E-state index in [0.717, 1.165) is 11.3 Å². The van der Waals surface area contributed by atoms with Crippen molar-refractivity contribution in [1.29, 1.82) is 0 Å². The maximum Gasteiger partial charge on any atom is 0.243 e. The Morgan fingerprint density at radius 3 is 2.40 bits per heavy atom. The van der Waals surface area contributed by atoms with E-state index in [1.165, 1.54) is 11.1 Å². The van der Waals surface area contributed by atoms with E-state index in [4.69, 9.17) is 11.6 Å². The molecule has 0 radical (unpaired) electrons. The van der Waals surface area contributed by atoms with Gasteiger partial charge in [0, 0.05) is 23.4 Å². The Labute approximate surface area is 189 Å². The normalized spacial score (nSPS) is 11.9. The number of carbonyl (C=O) groups is 2. The smallest absolute Gasteiger partial charge is 0.243 e. The van der Waals surface area contributed by atoms with Crippen molar-refractivity contribution >= 4 is 35.2 Å². The zero-order valence-electron chi connectivity index (χ0n) is 18.2. The number of rotatable bonds is 10. The summed E-state index contributed by atoms with van der Waals surface area (Å²) in [5, 5.41) is 3.60. The molecule has 0 aliphatic heterocycles. The van der Waals surface area contributed by atoms with Crippen LogP contribution in [0.1, 0.15) is 43.9 Å². The van der Waals surface area contributed by atoms with E-state index in [0.29, 0.717) is 23.7 Å². The SMILES string of the molecule is CC[C@H](C(=O)NC(C)C)N(Cc1ccc(Cl)cc1)C(=O)CSCc1cccc(C)c1. The van der Waals surface area contributed by atoms with Crippen LogP contribution in [0.2, 0.25) is 5.02 Å². The second kappa shape index (κ2) is 12.0. The summed E-state index contributed by atoms with van der Waals surface area (Å²) in [5.74, 6) is 0.941. The number of amides is 2. The molecule has 0 saturated heterocycles. The molecular formula is C24H31ClN2O2S. The number of halogens is 1. The topological polar surface area (TPSA) is 49.4 Å². The van der Waals surface area contributed by atoms with Gasteiger partial charge in [-0.05, 0) is 50.5 Å². The average molecular weight is 447 g/mol. The lowest BCUT2D eigenvalue weighted by Gasteiger charge is -2.31. The summed E-state index contributed by atoms with van der Waals surface area (Å²) in [5.41, 5.74) is 3.36. The van der Waals surface area contributed by atoms with E-state index in [2.05, 4.69) is 30.4 Å². The first kappa shape index (κ1) is 24.3. The summed E-state index contributed by atoms with van der Waals surface area (Å²) in [6, 6.07) is 15.2. The highest BCUT2D eigenvalue weighted by atomic mass is 35.5. The van der Waals surface area contributed by atoms with E-state index >= 15 is 0 Å². The molecule has 2 amide bonds. The van der Waals surface area contributed by atoms with Gasteiger partial charge >= 0.3 is 0 Å². The molecule has 0 unspecified atom stereocenters. The number of hydrogen-bond acceptors (Lipinski definition) is 3. The maximum absolute atomic E-state index is 13.2. The van der Waals surface area contributed by atoms with E-state index in [1.807, 2.05) is 39.0 Å². The number of hydrogen-bond donors (Lipinski definition) is 1. The van der Waals surface area contributed by atoms with Crippen LogP contribution in [0.5, 0.6) is 0 Å². The van der Waals surface area contributed by atoms with Gasteiger partial charge in [-0.25, -0.2) is 0 Å². The van der Waals surface area contributed by atoms with Crippen LogP contribution in [0.25, 0.3) is 0 Å². The van der Waals surface area contributed by atoms with Crippen molar-refractivity contribution in [2.75, 3.05) is 5.75 Å². The molecule has 0 aliphatic rings. The van der Waals surface area contributed by atoms with Crippen molar-refractivity contribution in [1.82, 2.24) is 10.2 Å². The summed E-state index contributed by atoms with van der Waals surface area (Å²) < 4.78 is 0. The summed E-state index contributed by atoms with van der Waals surface area (Å²) in [7, 11) is 0. The Morgan fingerprint density at radius 2 is 1.80 bits per heavy atom. The zero-order chi connectivity index (χ0) is 22.1. The lowest BCUT2D eigenvalue weighted by atomic mass is 10.1. The maximum atomic E-state index is 13.2. The van der Waals surface area contributed by atoms with E-state index in [9.17, 15) is 9.59 Å². The van der Waals surface area contributed by atoms with Crippen molar-refractivity contribution in [2.24, 2.45) is 0 Å². The number of thioether (sulfide) groups is 1. The number of nitrogens with zero attached hydrogens (tertiary/aromatic N) is 1. The quantitative estimate of drug-likeness (QED) is 0.544. The van der Waals surface area contributed by atoms with Crippen molar-refractivity contribution in [3.8, 4) is 0 Å². The molecule has 162 valence electrons. The fraction of sp³-hybridized carbons (Fsp3) is 0.417. The van der Waals surface area contributed by atoms with E-state index in [1.54, 1.807) is 28.8 Å². The average Bonchev–Trinajstić information content (AvgIpc) is 2.68. The Kier molecular flexibility index (Phi) is 9.73. The fourth-order valence-electron chi connectivity index (χ4n) is 3.23. The van der Waals surface area contributed by atoms with E-state index in [-0.39, 0.29) is 17.9 Å².